The highest BCUT2D eigenvalue weighted by Gasteiger charge is 2.18. The van der Waals surface area contributed by atoms with Gasteiger partial charge in [0.05, 0.1) is 9.40 Å². The van der Waals surface area contributed by atoms with E-state index in [4.69, 9.17) is 4.42 Å². The third kappa shape index (κ3) is 3.52. The predicted octanol–water partition coefficient (Wildman–Crippen LogP) is 0.556. The first-order valence-corrected chi connectivity index (χ1v) is 7.51. The van der Waals surface area contributed by atoms with Crippen LogP contribution in [0.2, 0.25) is 0 Å². The second-order valence-electron chi connectivity index (χ2n) is 4.99. The van der Waals surface area contributed by atoms with Gasteiger partial charge in [-0.15, -0.1) is 0 Å². The molecule has 3 aromatic rings. The fraction of sp³-hybridized carbons (Fsp3) is 0.200. The normalized spacial score (nSPS) is 10.6. The number of aromatic nitrogens is 2. The number of oxazole rings is 1. The number of rotatable bonds is 3. The second kappa shape index (κ2) is 6.91. The molecule has 3 rings (SSSR count). The zero-order chi connectivity index (χ0) is 15.9. The summed E-state index contributed by atoms with van der Waals surface area (Å²) >= 11 is 3.43. The van der Waals surface area contributed by atoms with Crippen molar-refractivity contribution in [3.05, 3.63) is 50.7 Å². The summed E-state index contributed by atoms with van der Waals surface area (Å²) in [5.74, 6) is 0.446. The third-order valence-electron chi connectivity index (χ3n) is 3.35. The molecule has 1 aromatic carbocycles. The van der Waals surface area contributed by atoms with E-state index >= 15 is 0 Å². The van der Waals surface area contributed by atoms with Crippen LogP contribution in [0.3, 0.4) is 0 Å². The van der Waals surface area contributed by atoms with E-state index in [1.165, 1.54) is 12.1 Å². The highest BCUT2D eigenvalue weighted by Crippen LogP contribution is 2.30. The highest BCUT2D eigenvalue weighted by molar-refractivity contribution is 9.10. The van der Waals surface area contributed by atoms with E-state index < -0.39 is 4.92 Å². The predicted molar refractivity (Wildman–Crippen MR) is 84.4 cm³/mol. The molecular formula is C15H13BrIN3O3. The Morgan fingerprint density at radius 3 is 2.70 bits per heavy atom. The van der Waals surface area contributed by atoms with Crippen LogP contribution in [0.25, 0.3) is 22.6 Å². The summed E-state index contributed by atoms with van der Waals surface area (Å²) < 4.78 is 8.64. The minimum atomic E-state index is -0.411. The first-order valence-electron chi connectivity index (χ1n) is 6.72. The quantitative estimate of drug-likeness (QED) is 0.233. The lowest BCUT2D eigenvalue weighted by atomic mass is 10.1. The summed E-state index contributed by atoms with van der Waals surface area (Å²) in [7, 11) is 1.90. The van der Waals surface area contributed by atoms with Crippen molar-refractivity contribution in [1.29, 1.82) is 0 Å². The summed E-state index contributed by atoms with van der Waals surface area (Å²) in [6, 6.07) is 4.88. The van der Waals surface area contributed by atoms with Crippen molar-refractivity contribution in [3.8, 4) is 11.5 Å². The Bertz CT molecular complexity index is 875. The number of nitro groups is 1. The highest BCUT2D eigenvalue weighted by atomic mass is 127. The van der Waals surface area contributed by atoms with Crippen LogP contribution < -0.4 is 28.5 Å². The van der Waals surface area contributed by atoms with Crippen molar-refractivity contribution in [2.45, 2.75) is 13.3 Å². The number of nitro benzene ring substituents is 1. The van der Waals surface area contributed by atoms with Crippen molar-refractivity contribution in [3.63, 3.8) is 0 Å². The molecule has 0 N–H and O–H groups in total. The van der Waals surface area contributed by atoms with Gasteiger partial charge < -0.3 is 28.4 Å². The van der Waals surface area contributed by atoms with Crippen LogP contribution in [-0.2, 0) is 13.5 Å². The lowest BCUT2D eigenvalue weighted by molar-refractivity contribution is -0.671. The molecule has 0 aliphatic carbocycles. The van der Waals surface area contributed by atoms with E-state index in [0.717, 1.165) is 15.6 Å². The maximum Gasteiger partial charge on any atom is 0.272 e. The monoisotopic (exact) mass is 489 g/mol. The third-order valence-corrected chi connectivity index (χ3v) is 3.79. The molecule has 2 heterocycles. The molecule has 0 saturated carbocycles. The lowest BCUT2D eigenvalue weighted by Gasteiger charge is -1.97. The first-order chi connectivity index (χ1) is 10.5. The Morgan fingerprint density at radius 2 is 2.09 bits per heavy atom. The number of benzene rings is 1. The maximum absolute atomic E-state index is 11.0. The molecule has 0 aliphatic heterocycles. The summed E-state index contributed by atoms with van der Waals surface area (Å²) in [5, 5.41) is 11.0. The molecule has 6 nitrogen and oxygen atoms in total. The summed E-state index contributed by atoms with van der Waals surface area (Å²) in [6.45, 7) is 1.93. The molecule has 0 fully saturated rings. The van der Waals surface area contributed by atoms with Crippen molar-refractivity contribution in [1.82, 2.24) is 4.98 Å². The van der Waals surface area contributed by atoms with E-state index in [1.54, 1.807) is 0 Å². The molecule has 120 valence electrons. The molecule has 0 amide bonds. The van der Waals surface area contributed by atoms with Gasteiger partial charge in [-0.05, 0) is 28.4 Å². The maximum atomic E-state index is 11.0. The first kappa shape index (κ1) is 17.8. The van der Waals surface area contributed by atoms with Crippen LogP contribution in [0.4, 0.5) is 5.69 Å². The average Bonchev–Trinajstić information content (AvgIpc) is 2.89. The lowest BCUT2D eigenvalue weighted by Crippen LogP contribution is -3.00. The molecule has 0 bridgehead atoms. The number of fused-ring (bicyclic) bond motifs is 1. The van der Waals surface area contributed by atoms with Crippen LogP contribution in [-0.4, -0.2) is 9.91 Å². The van der Waals surface area contributed by atoms with Crippen molar-refractivity contribution in [2.24, 2.45) is 7.05 Å². The molecule has 0 unspecified atom stereocenters. The minimum Gasteiger partial charge on any atom is -1.00 e. The van der Waals surface area contributed by atoms with Crippen molar-refractivity contribution >= 4 is 32.7 Å². The van der Waals surface area contributed by atoms with Crippen LogP contribution in [0, 0.1) is 10.1 Å². The van der Waals surface area contributed by atoms with Gasteiger partial charge in [0.15, 0.2) is 18.0 Å². The fourth-order valence-electron chi connectivity index (χ4n) is 2.37. The van der Waals surface area contributed by atoms with Gasteiger partial charge in [0, 0.05) is 17.7 Å². The van der Waals surface area contributed by atoms with Gasteiger partial charge >= 0.3 is 0 Å². The Morgan fingerprint density at radius 1 is 1.35 bits per heavy atom. The van der Waals surface area contributed by atoms with Crippen LogP contribution in [0.5, 0.6) is 0 Å². The number of aryl methyl sites for hydroxylation is 2. The van der Waals surface area contributed by atoms with Gasteiger partial charge in [-0.3, -0.25) is 10.1 Å². The van der Waals surface area contributed by atoms with E-state index in [-0.39, 0.29) is 29.7 Å². The Labute approximate surface area is 157 Å². The number of pyridine rings is 1. The van der Waals surface area contributed by atoms with E-state index in [1.807, 2.05) is 37.0 Å². The fourth-order valence-corrected chi connectivity index (χ4v) is 2.94. The SMILES string of the molecule is CCc1cc([N+](=O)[O-])cc2nc(-c3cc(Br)c[n+](C)c3)oc12.[I-]. The van der Waals surface area contributed by atoms with E-state index in [9.17, 15) is 10.1 Å². The van der Waals surface area contributed by atoms with Gasteiger partial charge in [0.2, 0.25) is 5.89 Å². The Kier molecular flexibility index (Phi) is 5.35. The van der Waals surface area contributed by atoms with Gasteiger partial charge in [-0.1, -0.05) is 6.92 Å². The zero-order valence-electron chi connectivity index (χ0n) is 12.4. The molecule has 8 heteroatoms. The minimum absolute atomic E-state index is 0. The van der Waals surface area contributed by atoms with Crippen molar-refractivity contribution < 1.29 is 37.9 Å². The standard InChI is InChI=1S/C15H13BrN3O3.HI/c1-3-9-5-12(19(20)21)6-13-14(9)22-15(17-13)10-4-11(16)8-18(2)7-10;/h4-8H,3H2,1-2H3;1H/q+1;/p-1. The van der Waals surface area contributed by atoms with Crippen LogP contribution in [0.1, 0.15) is 12.5 Å². The van der Waals surface area contributed by atoms with Gasteiger partial charge in [-0.2, -0.15) is 0 Å². The number of non-ortho nitro benzene ring substituents is 1. The molecule has 2 aromatic heterocycles. The Balaban J connectivity index is 0.00000192. The molecule has 0 radical (unpaired) electrons. The molecule has 0 saturated heterocycles. The zero-order valence-corrected chi connectivity index (χ0v) is 16.2. The summed E-state index contributed by atoms with van der Waals surface area (Å²) in [6.07, 6.45) is 4.43. The summed E-state index contributed by atoms with van der Waals surface area (Å²) in [5.41, 5.74) is 2.72. The molecule has 0 atom stereocenters. The van der Waals surface area contributed by atoms with E-state index in [0.29, 0.717) is 23.4 Å². The van der Waals surface area contributed by atoms with Gasteiger partial charge in [-0.25, -0.2) is 9.55 Å². The smallest absolute Gasteiger partial charge is 0.272 e. The van der Waals surface area contributed by atoms with Gasteiger partial charge in [0.25, 0.3) is 5.69 Å². The number of nitrogens with zero attached hydrogens (tertiary/aromatic N) is 3. The van der Waals surface area contributed by atoms with Gasteiger partial charge in [0.1, 0.15) is 18.1 Å². The summed E-state index contributed by atoms with van der Waals surface area (Å²) in [4.78, 5) is 15.0. The molecule has 0 spiro atoms. The number of hydrogen-bond acceptors (Lipinski definition) is 4. The topological polar surface area (TPSA) is 73.1 Å². The van der Waals surface area contributed by atoms with Crippen LogP contribution in [0.15, 0.2) is 39.5 Å². The number of hydrogen-bond donors (Lipinski definition) is 0. The van der Waals surface area contributed by atoms with E-state index in [2.05, 4.69) is 20.9 Å². The molecule has 0 aliphatic rings. The van der Waals surface area contributed by atoms with Crippen LogP contribution >= 0.6 is 15.9 Å². The van der Waals surface area contributed by atoms with Crippen molar-refractivity contribution in [2.75, 3.05) is 0 Å². The largest absolute Gasteiger partial charge is 1.00 e. The Hall–Kier alpha value is -1.55. The average molecular weight is 490 g/mol. The molecule has 23 heavy (non-hydrogen) atoms. The second-order valence-corrected chi connectivity index (χ2v) is 5.91. The number of halogens is 2. The molecular weight excluding hydrogens is 477 g/mol.